The number of nitro benzene ring substituents is 1. The molecule has 1 fully saturated rings. The molecule has 0 heterocycles. The summed E-state index contributed by atoms with van der Waals surface area (Å²) in [6.07, 6.45) is -1.22. The highest BCUT2D eigenvalue weighted by Gasteiger charge is 2.33. The molecule has 1 amide bonds. The number of rotatable bonds is 5. The highest BCUT2D eigenvalue weighted by molar-refractivity contribution is 5.63. The van der Waals surface area contributed by atoms with Crippen LogP contribution in [0.15, 0.2) is 18.2 Å². The van der Waals surface area contributed by atoms with Gasteiger partial charge in [0.1, 0.15) is 5.69 Å². The van der Waals surface area contributed by atoms with Crippen LogP contribution in [0, 0.1) is 10.1 Å². The number of halogens is 3. The molecular formula is C14H16F3N3O3. The SMILES string of the molecule is O=CN[C@H]1CC[C@H](Nc2ccc(C(F)(F)F)cc2[N+](=O)[O-])CC1. The molecule has 6 nitrogen and oxygen atoms in total. The maximum absolute atomic E-state index is 12.7. The number of nitrogens with one attached hydrogen (secondary N) is 2. The van der Waals surface area contributed by atoms with Crippen molar-refractivity contribution in [2.24, 2.45) is 0 Å². The van der Waals surface area contributed by atoms with E-state index >= 15 is 0 Å². The van der Waals surface area contributed by atoms with Crippen LogP contribution in [0.1, 0.15) is 31.2 Å². The lowest BCUT2D eigenvalue weighted by molar-refractivity contribution is -0.384. The fraction of sp³-hybridized carbons (Fsp3) is 0.500. The van der Waals surface area contributed by atoms with E-state index in [1.807, 2.05) is 0 Å². The van der Waals surface area contributed by atoms with Gasteiger partial charge in [-0.15, -0.1) is 0 Å². The zero-order chi connectivity index (χ0) is 17.0. The molecule has 1 aromatic carbocycles. The predicted octanol–water partition coefficient (Wildman–Crippen LogP) is 3.08. The summed E-state index contributed by atoms with van der Waals surface area (Å²) < 4.78 is 38.0. The Balaban J connectivity index is 2.11. The first-order valence-corrected chi connectivity index (χ1v) is 7.13. The Morgan fingerprint density at radius 1 is 1.17 bits per heavy atom. The van der Waals surface area contributed by atoms with Gasteiger partial charge < -0.3 is 10.6 Å². The highest BCUT2D eigenvalue weighted by atomic mass is 19.4. The Morgan fingerprint density at radius 3 is 2.30 bits per heavy atom. The molecule has 2 N–H and O–H groups in total. The molecular weight excluding hydrogens is 315 g/mol. The van der Waals surface area contributed by atoms with E-state index in [1.54, 1.807) is 0 Å². The maximum Gasteiger partial charge on any atom is 0.416 e. The van der Waals surface area contributed by atoms with Gasteiger partial charge in [-0.3, -0.25) is 14.9 Å². The third-order valence-corrected chi connectivity index (χ3v) is 3.91. The summed E-state index contributed by atoms with van der Waals surface area (Å²) in [7, 11) is 0. The fourth-order valence-corrected chi connectivity index (χ4v) is 2.70. The number of amides is 1. The van der Waals surface area contributed by atoms with Crippen molar-refractivity contribution < 1.29 is 22.9 Å². The average Bonchev–Trinajstić information content (AvgIpc) is 2.48. The molecule has 2 rings (SSSR count). The van der Waals surface area contributed by atoms with Crippen LogP contribution in [0.4, 0.5) is 24.5 Å². The number of benzene rings is 1. The normalized spacial score (nSPS) is 21.5. The van der Waals surface area contributed by atoms with E-state index in [0.717, 1.165) is 12.1 Å². The highest BCUT2D eigenvalue weighted by Crippen LogP contribution is 2.36. The molecule has 0 spiro atoms. The Bertz CT molecular complexity index is 584. The summed E-state index contributed by atoms with van der Waals surface area (Å²) in [5, 5.41) is 16.7. The standard InChI is InChI=1S/C14H16F3N3O3/c15-14(16,17)9-1-6-12(13(7-9)20(22)23)19-11-4-2-10(3-5-11)18-8-21/h1,6-8,10-11,19H,2-5H2,(H,18,21)/t10-,11-. The lowest BCUT2D eigenvalue weighted by Crippen LogP contribution is -2.36. The van der Waals surface area contributed by atoms with Crippen LogP contribution in [0.3, 0.4) is 0 Å². The second-order valence-electron chi connectivity index (χ2n) is 5.46. The minimum Gasteiger partial charge on any atom is -0.377 e. The molecule has 0 saturated heterocycles. The number of carbonyl (C=O) groups is 1. The smallest absolute Gasteiger partial charge is 0.377 e. The van der Waals surface area contributed by atoms with E-state index in [2.05, 4.69) is 10.6 Å². The topological polar surface area (TPSA) is 84.3 Å². The van der Waals surface area contributed by atoms with E-state index in [0.29, 0.717) is 38.2 Å². The Morgan fingerprint density at radius 2 is 1.78 bits per heavy atom. The van der Waals surface area contributed by atoms with Crippen molar-refractivity contribution in [2.45, 2.75) is 43.9 Å². The van der Waals surface area contributed by atoms with E-state index in [9.17, 15) is 28.1 Å². The Hall–Kier alpha value is -2.32. The lowest BCUT2D eigenvalue weighted by atomic mass is 9.91. The van der Waals surface area contributed by atoms with Crippen LogP contribution in [-0.2, 0) is 11.0 Å². The number of nitrogens with zero attached hydrogens (tertiary/aromatic N) is 1. The van der Waals surface area contributed by atoms with E-state index in [-0.39, 0.29) is 17.8 Å². The van der Waals surface area contributed by atoms with Gasteiger partial charge in [-0.05, 0) is 37.8 Å². The number of alkyl halides is 3. The van der Waals surface area contributed by atoms with Crippen molar-refractivity contribution in [3.63, 3.8) is 0 Å². The van der Waals surface area contributed by atoms with E-state index in [1.165, 1.54) is 0 Å². The Labute approximate surface area is 130 Å². The Kier molecular flexibility index (Phi) is 5.07. The monoisotopic (exact) mass is 331 g/mol. The van der Waals surface area contributed by atoms with Gasteiger partial charge in [0.15, 0.2) is 0 Å². The molecule has 23 heavy (non-hydrogen) atoms. The molecule has 0 aliphatic heterocycles. The zero-order valence-electron chi connectivity index (χ0n) is 12.1. The van der Waals surface area contributed by atoms with Gasteiger partial charge in [0.05, 0.1) is 10.5 Å². The molecule has 0 aromatic heterocycles. The summed E-state index contributed by atoms with van der Waals surface area (Å²) >= 11 is 0. The van der Waals surface area contributed by atoms with Crippen LogP contribution < -0.4 is 10.6 Å². The van der Waals surface area contributed by atoms with Gasteiger partial charge in [0, 0.05) is 18.2 Å². The molecule has 0 unspecified atom stereocenters. The van der Waals surface area contributed by atoms with Crippen LogP contribution in [0.2, 0.25) is 0 Å². The van der Waals surface area contributed by atoms with Crippen molar-refractivity contribution in [1.29, 1.82) is 0 Å². The summed E-state index contributed by atoms with van der Waals surface area (Å²) in [4.78, 5) is 20.6. The molecule has 1 saturated carbocycles. The number of nitro groups is 1. The second-order valence-corrected chi connectivity index (χ2v) is 5.46. The van der Waals surface area contributed by atoms with Crippen LogP contribution in [0.25, 0.3) is 0 Å². The number of hydrogen-bond donors (Lipinski definition) is 2. The van der Waals surface area contributed by atoms with Crippen molar-refractivity contribution in [3.05, 3.63) is 33.9 Å². The minimum atomic E-state index is -4.62. The predicted molar refractivity (Wildman–Crippen MR) is 77.0 cm³/mol. The van der Waals surface area contributed by atoms with E-state index < -0.39 is 22.4 Å². The van der Waals surface area contributed by atoms with Crippen molar-refractivity contribution >= 4 is 17.8 Å². The molecule has 9 heteroatoms. The first-order valence-electron chi connectivity index (χ1n) is 7.13. The molecule has 0 atom stereocenters. The van der Waals surface area contributed by atoms with Crippen LogP contribution >= 0.6 is 0 Å². The van der Waals surface area contributed by atoms with Gasteiger partial charge in [0.25, 0.3) is 5.69 Å². The maximum atomic E-state index is 12.7. The van der Waals surface area contributed by atoms with Crippen molar-refractivity contribution in [3.8, 4) is 0 Å². The number of carbonyl (C=O) groups excluding carboxylic acids is 1. The van der Waals surface area contributed by atoms with Crippen LogP contribution in [-0.4, -0.2) is 23.4 Å². The van der Waals surface area contributed by atoms with Crippen LogP contribution in [0.5, 0.6) is 0 Å². The van der Waals surface area contributed by atoms with Gasteiger partial charge in [-0.25, -0.2) is 0 Å². The quantitative estimate of drug-likeness (QED) is 0.493. The molecule has 1 aromatic rings. The molecule has 1 aliphatic carbocycles. The zero-order valence-corrected chi connectivity index (χ0v) is 12.1. The van der Waals surface area contributed by atoms with Crippen molar-refractivity contribution in [2.75, 3.05) is 5.32 Å². The largest absolute Gasteiger partial charge is 0.416 e. The van der Waals surface area contributed by atoms with Gasteiger partial charge in [-0.1, -0.05) is 0 Å². The van der Waals surface area contributed by atoms with Gasteiger partial charge >= 0.3 is 6.18 Å². The summed E-state index contributed by atoms with van der Waals surface area (Å²) in [5.74, 6) is 0. The fourth-order valence-electron chi connectivity index (χ4n) is 2.70. The van der Waals surface area contributed by atoms with E-state index in [4.69, 9.17) is 0 Å². The number of anilines is 1. The van der Waals surface area contributed by atoms with Gasteiger partial charge in [-0.2, -0.15) is 13.2 Å². The number of hydrogen-bond acceptors (Lipinski definition) is 4. The molecule has 1 aliphatic rings. The molecule has 0 radical (unpaired) electrons. The third kappa shape index (κ3) is 4.33. The molecule has 126 valence electrons. The summed E-state index contributed by atoms with van der Waals surface area (Å²) in [6, 6.07) is 2.47. The first-order chi connectivity index (χ1) is 10.8. The minimum absolute atomic E-state index is 0.0739. The average molecular weight is 331 g/mol. The first kappa shape index (κ1) is 17.0. The third-order valence-electron chi connectivity index (χ3n) is 3.91. The van der Waals surface area contributed by atoms with Crippen molar-refractivity contribution in [1.82, 2.24) is 5.32 Å². The second kappa shape index (κ2) is 6.84. The summed E-state index contributed by atoms with van der Waals surface area (Å²) in [6.45, 7) is 0. The summed E-state index contributed by atoms with van der Waals surface area (Å²) in [5.41, 5.74) is -1.56. The lowest BCUT2D eigenvalue weighted by Gasteiger charge is -2.29. The van der Waals surface area contributed by atoms with Gasteiger partial charge in [0.2, 0.25) is 6.41 Å². The molecule has 0 bridgehead atoms.